The first kappa shape index (κ1) is 16.9. The van der Waals surface area contributed by atoms with Gasteiger partial charge in [-0.3, -0.25) is 0 Å². The van der Waals surface area contributed by atoms with Crippen LogP contribution in [0.5, 0.6) is 23.0 Å². The summed E-state index contributed by atoms with van der Waals surface area (Å²) in [5, 5.41) is 19.2. The third-order valence-corrected chi connectivity index (χ3v) is 3.15. The van der Waals surface area contributed by atoms with Crippen LogP contribution in [0.15, 0.2) is 0 Å². The van der Waals surface area contributed by atoms with E-state index in [1.165, 1.54) is 14.2 Å². The Labute approximate surface area is 124 Å². The first-order valence-electron chi connectivity index (χ1n) is 6.91. The summed E-state index contributed by atoms with van der Waals surface area (Å²) in [5.74, 6) is 0.100. The van der Waals surface area contributed by atoms with Crippen molar-refractivity contribution in [1.82, 2.24) is 0 Å². The lowest BCUT2D eigenvalue weighted by Gasteiger charge is -2.20. The van der Waals surface area contributed by atoms with Crippen LogP contribution in [0.3, 0.4) is 0 Å². The maximum absolute atomic E-state index is 10.8. The van der Waals surface area contributed by atoms with Crippen LogP contribution < -0.4 is 14.2 Å². The van der Waals surface area contributed by atoms with Gasteiger partial charge in [-0.25, -0.2) is 4.79 Å². The van der Waals surface area contributed by atoms with Gasteiger partial charge in [-0.05, 0) is 12.8 Å². The van der Waals surface area contributed by atoms with Crippen LogP contribution in [0.2, 0.25) is 0 Å². The summed E-state index contributed by atoms with van der Waals surface area (Å²) in [6.07, 6.45) is 1.42. The van der Waals surface area contributed by atoms with Crippen molar-refractivity contribution < 1.29 is 29.2 Å². The highest BCUT2D eigenvalue weighted by atomic mass is 16.7. The molecule has 1 rings (SSSR count). The molecule has 0 spiro atoms. The molecule has 0 radical (unpaired) electrons. The predicted octanol–water partition coefficient (Wildman–Crippen LogP) is 3.37. The number of methoxy groups -OCH3 is 2. The van der Waals surface area contributed by atoms with Crippen molar-refractivity contribution in [2.75, 3.05) is 14.2 Å². The molecule has 0 fully saturated rings. The Kier molecular flexibility index (Phi) is 6.14. The van der Waals surface area contributed by atoms with Crippen molar-refractivity contribution in [2.45, 2.75) is 39.5 Å². The van der Waals surface area contributed by atoms with E-state index in [0.29, 0.717) is 24.2 Å². The molecule has 118 valence electrons. The number of carboxylic acid groups (broad SMARTS) is 1. The zero-order chi connectivity index (χ0) is 16.0. The lowest BCUT2D eigenvalue weighted by molar-refractivity contribution is 0.140. The van der Waals surface area contributed by atoms with Crippen LogP contribution in [0, 0.1) is 0 Å². The molecule has 0 aliphatic heterocycles. The van der Waals surface area contributed by atoms with Crippen LogP contribution in [0.4, 0.5) is 4.79 Å². The van der Waals surface area contributed by atoms with Crippen LogP contribution in [-0.4, -0.2) is 30.6 Å². The van der Waals surface area contributed by atoms with Crippen molar-refractivity contribution in [3.63, 3.8) is 0 Å². The second kappa shape index (κ2) is 7.61. The van der Waals surface area contributed by atoms with Crippen LogP contribution in [0.25, 0.3) is 0 Å². The van der Waals surface area contributed by atoms with Crippen LogP contribution in [0.1, 0.15) is 37.8 Å². The fourth-order valence-electron chi connectivity index (χ4n) is 2.38. The minimum absolute atomic E-state index is 0.0979. The Morgan fingerprint density at radius 1 is 0.952 bits per heavy atom. The Balaban J connectivity index is 3.64. The molecule has 0 aromatic heterocycles. The second-order valence-corrected chi connectivity index (χ2v) is 4.57. The van der Waals surface area contributed by atoms with Gasteiger partial charge in [0.1, 0.15) is 0 Å². The van der Waals surface area contributed by atoms with E-state index in [9.17, 15) is 9.90 Å². The second-order valence-electron chi connectivity index (χ2n) is 4.57. The molecule has 0 aliphatic carbocycles. The molecule has 0 saturated heterocycles. The number of phenolic OH excluding ortho intramolecular Hbond substituents is 1. The lowest BCUT2D eigenvalue weighted by Crippen LogP contribution is -2.09. The third kappa shape index (κ3) is 3.51. The summed E-state index contributed by atoms with van der Waals surface area (Å²) >= 11 is 0. The van der Waals surface area contributed by atoms with Crippen LogP contribution in [-0.2, 0) is 12.8 Å². The Bertz CT molecular complexity index is 510. The summed E-state index contributed by atoms with van der Waals surface area (Å²) < 4.78 is 15.3. The fraction of sp³-hybridized carbons (Fsp3) is 0.533. The number of hydrogen-bond acceptors (Lipinski definition) is 5. The molecular weight excluding hydrogens is 276 g/mol. The molecule has 0 amide bonds. The maximum Gasteiger partial charge on any atom is 0.511 e. The highest BCUT2D eigenvalue weighted by molar-refractivity contribution is 5.72. The average molecular weight is 298 g/mol. The Hall–Kier alpha value is -2.11. The SMILES string of the molecule is CCCc1c(O)c(OC(=O)O)c(OC)c(OC)c1CCC. The number of phenols is 1. The molecule has 0 saturated carbocycles. The standard InChI is InChI=1S/C15H22O6/c1-5-7-9-10(8-6-2)12(19-3)14(20-4)13(11(9)16)21-15(17)18/h16H,5-8H2,1-4H3,(H,17,18). The molecule has 0 aliphatic rings. The molecule has 1 aromatic rings. The van der Waals surface area contributed by atoms with E-state index in [1.807, 2.05) is 13.8 Å². The summed E-state index contributed by atoms with van der Waals surface area (Å²) in [7, 11) is 2.86. The van der Waals surface area contributed by atoms with E-state index in [1.54, 1.807) is 0 Å². The number of aromatic hydroxyl groups is 1. The van der Waals surface area contributed by atoms with Gasteiger partial charge in [0.2, 0.25) is 11.5 Å². The smallest absolute Gasteiger partial charge is 0.504 e. The Morgan fingerprint density at radius 3 is 1.90 bits per heavy atom. The van der Waals surface area contributed by atoms with Gasteiger partial charge in [0.05, 0.1) is 14.2 Å². The third-order valence-electron chi connectivity index (χ3n) is 3.15. The quantitative estimate of drug-likeness (QED) is 0.593. The average Bonchev–Trinajstić information content (AvgIpc) is 2.45. The number of hydrogen-bond donors (Lipinski definition) is 2. The van der Waals surface area contributed by atoms with Crippen LogP contribution >= 0.6 is 0 Å². The summed E-state index contributed by atoms with van der Waals surface area (Å²) in [6, 6.07) is 0. The minimum Gasteiger partial charge on any atom is -0.504 e. The molecule has 2 N–H and O–H groups in total. The molecule has 6 heteroatoms. The number of ether oxygens (including phenoxy) is 3. The van der Waals surface area contributed by atoms with Crippen molar-refractivity contribution in [3.05, 3.63) is 11.1 Å². The topological polar surface area (TPSA) is 85.2 Å². The maximum atomic E-state index is 10.8. The van der Waals surface area contributed by atoms with Gasteiger partial charge in [0, 0.05) is 11.1 Å². The molecule has 6 nitrogen and oxygen atoms in total. The highest BCUT2D eigenvalue weighted by Gasteiger charge is 2.27. The fourth-order valence-corrected chi connectivity index (χ4v) is 2.38. The monoisotopic (exact) mass is 298 g/mol. The first-order valence-corrected chi connectivity index (χ1v) is 6.91. The van der Waals surface area contributed by atoms with Crippen molar-refractivity contribution >= 4 is 6.16 Å². The minimum atomic E-state index is -1.52. The van der Waals surface area contributed by atoms with Gasteiger partial charge < -0.3 is 24.4 Å². The van der Waals surface area contributed by atoms with Gasteiger partial charge in [0.15, 0.2) is 11.5 Å². The van der Waals surface area contributed by atoms with Gasteiger partial charge in [0.25, 0.3) is 0 Å². The molecule has 0 unspecified atom stereocenters. The lowest BCUT2D eigenvalue weighted by atomic mass is 9.96. The number of rotatable bonds is 7. The highest BCUT2D eigenvalue weighted by Crippen LogP contribution is 2.50. The normalized spacial score (nSPS) is 10.3. The van der Waals surface area contributed by atoms with E-state index in [2.05, 4.69) is 0 Å². The summed E-state index contributed by atoms with van der Waals surface area (Å²) in [4.78, 5) is 10.8. The molecule has 1 aromatic carbocycles. The van der Waals surface area contributed by atoms with Gasteiger partial charge in [-0.2, -0.15) is 0 Å². The van der Waals surface area contributed by atoms with Gasteiger partial charge in [-0.1, -0.05) is 26.7 Å². The number of benzene rings is 1. The van der Waals surface area contributed by atoms with E-state index in [0.717, 1.165) is 18.4 Å². The zero-order valence-electron chi connectivity index (χ0n) is 12.9. The van der Waals surface area contributed by atoms with Crippen molar-refractivity contribution in [3.8, 4) is 23.0 Å². The van der Waals surface area contributed by atoms with Crippen molar-refractivity contribution in [2.24, 2.45) is 0 Å². The first-order chi connectivity index (χ1) is 10.0. The molecule has 0 heterocycles. The van der Waals surface area contributed by atoms with E-state index < -0.39 is 6.16 Å². The Morgan fingerprint density at radius 2 is 1.48 bits per heavy atom. The van der Waals surface area contributed by atoms with E-state index >= 15 is 0 Å². The van der Waals surface area contributed by atoms with E-state index in [4.69, 9.17) is 19.3 Å². The molecule has 0 bridgehead atoms. The largest absolute Gasteiger partial charge is 0.511 e. The van der Waals surface area contributed by atoms with Crippen molar-refractivity contribution in [1.29, 1.82) is 0 Å². The van der Waals surface area contributed by atoms with E-state index in [-0.39, 0.29) is 17.2 Å². The summed E-state index contributed by atoms with van der Waals surface area (Å²) in [6.45, 7) is 3.99. The molecular formula is C15H22O6. The predicted molar refractivity (Wildman–Crippen MR) is 77.9 cm³/mol. The molecule has 21 heavy (non-hydrogen) atoms. The van der Waals surface area contributed by atoms with Gasteiger partial charge in [-0.15, -0.1) is 0 Å². The van der Waals surface area contributed by atoms with Gasteiger partial charge >= 0.3 is 6.16 Å². The zero-order valence-corrected chi connectivity index (χ0v) is 12.9. The summed E-state index contributed by atoms with van der Waals surface area (Å²) in [5.41, 5.74) is 1.47. The number of carbonyl (C=O) groups is 1. The molecule has 0 atom stereocenters.